The molecule has 1 atom stereocenters. The number of amides is 1. The van der Waals surface area contributed by atoms with Crippen molar-refractivity contribution in [3.63, 3.8) is 0 Å². The van der Waals surface area contributed by atoms with Gasteiger partial charge in [0.05, 0.1) is 11.1 Å². The first-order valence-corrected chi connectivity index (χ1v) is 9.54. The van der Waals surface area contributed by atoms with Crippen molar-refractivity contribution in [2.75, 3.05) is 11.9 Å². The van der Waals surface area contributed by atoms with E-state index in [4.69, 9.17) is 9.72 Å². The number of fused-ring (bicyclic) bond motifs is 2. The van der Waals surface area contributed by atoms with Crippen LogP contribution >= 0.6 is 0 Å². The van der Waals surface area contributed by atoms with E-state index in [9.17, 15) is 9.59 Å². The number of para-hydroxylation sites is 2. The lowest BCUT2D eigenvalue weighted by Gasteiger charge is -2.24. The van der Waals surface area contributed by atoms with Crippen LogP contribution in [0.1, 0.15) is 35.0 Å². The second-order valence-corrected chi connectivity index (χ2v) is 7.27. The van der Waals surface area contributed by atoms with Crippen LogP contribution in [0.15, 0.2) is 54.6 Å². The van der Waals surface area contributed by atoms with Crippen LogP contribution in [0, 0.1) is 5.92 Å². The summed E-state index contributed by atoms with van der Waals surface area (Å²) in [6.45, 7) is 1.86. The van der Waals surface area contributed by atoms with Crippen LogP contribution in [-0.4, -0.2) is 23.5 Å². The minimum atomic E-state index is -0.466. The first kappa shape index (κ1) is 18.2. The van der Waals surface area contributed by atoms with Gasteiger partial charge in [0.1, 0.15) is 0 Å². The number of nitrogens with zero attached hydrogens (tertiary/aromatic N) is 1. The van der Waals surface area contributed by atoms with E-state index in [1.165, 1.54) is 0 Å². The molecule has 0 saturated carbocycles. The minimum absolute atomic E-state index is 0.325. The zero-order valence-electron chi connectivity index (χ0n) is 15.8. The first-order valence-electron chi connectivity index (χ1n) is 9.54. The fraction of sp³-hybridized carbons (Fsp3) is 0.261. The highest BCUT2D eigenvalue weighted by Gasteiger charge is 2.26. The van der Waals surface area contributed by atoms with Gasteiger partial charge in [-0.2, -0.15) is 0 Å². The van der Waals surface area contributed by atoms with Crippen LogP contribution < -0.4 is 5.32 Å². The number of aryl methyl sites for hydroxylation is 1. The van der Waals surface area contributed by atoms with E-state index in [2.05, 4.69) is 12.2 Å². The van der Waals surface area contributed by atoms with Crippen LogP contribution in [0.5, 0.6) is 0 Å². The topological polar surface area (TPSA) is 68.3 Å². The number of carbonyl (C=O) groups excluding carboxylic acids is 2. The molecule has 1 unspecified atom stereocenters. The average molecular weight is 374 g/mol. The maximum Gasteiger partial charge on any atom is 0.339 e. The number of rotatable bonds is 4. The molecule has 2 aromatic carbocycles. The van der Waals surface area contributed by atoms with Gasteiger partial charge >= 0.3 is 5.97 Å². The zero-order valence-corrected chi connectivity index (χ0v) is 15.8. The predicted molar refractivity (Wildman–Crippen MR) is 108 cm³/mol. The maximum absolute atomic E-state index is 13.0. The van der Waals surface area contributed by atoms with Gasteiger partial charge in [0, 0.05) is 16.8 Å². The van der Waals surface area contributed by atoms with E-state index in [-0.39, 0.29) is 12.5 Å². The second kappa shape index (κ2) is 7.80. The predicted octanol–water partition coefficient (Wildman–Crippen LogP) is 4.16. The Morgan fingerprint density at radius 2 is 1.86 bits per heavy atom. The van der Waals surface area contributed by atoms with Crippen LogP contribution in [0.2, 0.25) is 0 Å². The van der Waals surface area contributed by atoms with Crippen LogP contribution in [0.25, 0.3) is 10.9 Å². The fourth-order valence-corrected chi connectivity index (χ4v) is 3.72. The summed E-state index contributed by atoms with van der Waals surface area (Å²) in [5.74, 6) is -0.337. The van der Waals surface area contributed by atoms with Crippen molar-refractivity contribution < 1.29 is 14.3 Å². The number of benzene rings is 2. The molecule has 28 heavy (non-hydrogen) atoms. The smallest absolute Gasteiger partial charge is 0.339 e. The summed E-state index contributed by atoms with van der Waals surface area (Å²) in [5, 5.41) is 3.51. The van der Waals surface area contributed by atoms with Gasteiger partial charge < -0.3 is 10.1 Å². The van der Waals surface area contributed by atoms with E-state index in [1.807, 2.05) is 42.5 Å². The van der Waals surface area contributed by atoms with Crippen molar-refractivity contribution in [3.8, 4) is 0 Å². The van der Waals surface area contributed by atoms with E-state index >= 15 is 0 Å². The molecule has 1 heterocycles. The number of hydrogen-bond donors (Lipinski definition) is 1. The van der Waals surface area contributed by atoms with Gasteiger partial charge in [-0.15, -0.1) is 0 Å². The molecule has 0 radical (unpaired) electrons. The van der Waals surface area contributed by atoms with Crippen molar-refractivity contribution in [3.05, 3.63) is 71.4 Å². The molecule has 0 aliphatic heterocycles. The van der Waals surface area contributed by atoms with Crippen LogP contribution in [0.3, 0.4) is 0 Å². The monoisotopic (exact) mass is 374 g/mol. The van der Waals surface area contributed by atoms with Gasteiger partial charge in [0.25, 0.3) is 5.91 Å². The Kier molecular flexibility index (Phi) is 5.06. The lowest BCUT2D eigenvalue weighted by molar-refractivity contribution is -0.119. The fourth-order valence-electron chi connectivity index (χ4n) is 3.72. The molecule has 5 nitrogen and oxygen atoms in total. The molecule has 1 amide bonds. The minimum Gasteiger partial charge on any atom is -0.452 e. The summed E-state index contributed by atoms with van der Waals surface area (Å²) in [6.07, 6.45) is 2.72. The quantitative estimate of drug-likeness (QED) is 0.697. The van der Waals surface area contributed by atoms with E-state index in [1.54, 1.807) is 12.1 Å². The molecular weight excluding hydrogens is 352 g/mol. The van der Waals surface area contributed by atoms with Gasteiger partial charge in [0.15, 0.2) is 6.61 Å². The third-order valence-electron chi connectivity index (χ3n) is 5.10. The molecule has 0 saturated heterocycles. The molecule has 1 aliphatic carbocycles. The van der Waals surface area contributed by atoms with Crippen molar-refractivity contribution in [1.82, 2.24) is 4.98 Å². The van der Waals surface area contributed by atoms with E-state index in [0.717, 1.165) is 41.4 Å². The SMILES string of the molecule is CC1CCc2nc3ccccc3c(C(=O)OCC(=O)Nc3ccccc3)c2C1. The Labute approximate surface area is 163 Å². The summed E-state index contributed by atoms with van der Waals surface area (Å²) < 4.78 is 5.39. The average Bonchev–Trinajstić information content (AvgIpc) is 2.71. The molecule has 5 heteroatoms. The number of ether oxygens (including phenoxy) is 1. The van der Waals surface area contributed by atoms with Crippen LogP contribution in [-0.2, 0) is 22.4 Å². The molecule has 3 aromatic rings. The summed E-state index contributed by atoms with van der Waals surface area (Å²) >= 11 is 0. The van der Waals surface area contributed by atoms with Gasteiger partial charge in [-0.3, -0.25) is 9.78 Å². The van der Waals surface area contributed by atoms with Gasteiger partial charge in [0.2, 0.25) is 0 Å². The number of nitrogens with one attached hydrogen (secondary N) is 1. The Bertz CT molecular complexity index is 1030. The number of aromatic nitrogens is 1. The summed E-state index contributed by atoms with van der Waals surface area (Å²) in [5.41, 5.74) is 3.95. The number of esters is 1. The van der Waals surface area contributed by atoms with Gasteiger partial charge in [-0.05, 0) is 48.9 Å². The molecule has 1 N–H and O–H groups in total. The molecule has 1 aliphatic rings. The highest BCUT2D eigenvalue weighted by atomic mass is 16.5. The van der Waals surface area contributed by atoms with Crippen molar-refractivity contribution in [1.29, 1.82) is 0 Å². The second-order valence-electron chi connectivity index (χ2n) is 7.27. The molecule has 0 fully saturated rings. The molecular formula is C23H22N2O3. The first-order chi connectivity index (χ1) is 13.6. The molecule has 4 rings (SSSR count). The number of anilines is 1. The van der Waals surface area contributed by atoms with Crippen molar-refractivity contribution >= 4 is 28.5 Å². The lowest BCUT2D eigenvalue weighted by Crippen LogP contribution is -2.23. The highest BCUT2D eigenvalue weighted by Crippen LogP contribution is 2.32. The zero-order chi connectivity index (χ0) is 19.5. The normalized spacial score (nSPS) is 15.7. The number of carbonyl (C=O) groups is 2. The third kappa shape index (κ3) is 3.74. The maximum atomic E-state index is 13.0. The van der Waals surface area contributed by atoms with Gasteiger partial charge in [-0.25, -0.2) is 4.79 Å². The van der Waals surface area contributed by atoms with E-state index < -0.39 is 5.97 Å². The molecule has 0 bridgehead atoms. The molecule has 1 aromatic heterocycles. The standard InChI is InChI=1S/C23H22N2O3/c1-15-11-12-20-18(13-15)22(17-9-5-6-10-19(17)25-20)23(27)28-14-21(26)24-16-7-3-2-4-8-16/h2-10,15H,11-14H2,1H3,(H,24,26). The van der Waals surface area contributed by atoms with Crippen LogP contribution in [0.4, 0.5) is 5.69 Å². The summed E-state index contributed by atoms with van der Waals surface area (Å²) in [4.78, 5) is 29.9. The largest absolute Gasteiger partial charge is 0.452 e. The molecule has 0 spiro atoms. The summed E-state index contributed by atoms with van der Waals surface area (Å²) in [7, 11) is 0. The summed E-state index contributed by atoms with van der Waals surface area (Å²) in [6, 6.07) is 16.7. The number of hydrogen-bond acceptors (Lipinski definition) is 4. The van der Waals surface area contributed by atoms with Gasteiger partial charge in [-0.1, -0.05) is 43.3 Å². The Balaban J connectivity index is 1.58. The Hall–Kier alpha value is -3.21. The van der Waals surface area contributed by atoms with Crippen molar-refractivity contribution in [2.24, 2.45) is 5.92 Å². The third-order valence-corrected chi connectivity index (χ3v) is 5.10. The highest BCUT2D eigenvalue weighted by molar-refractivity contribution is 6.06. The van der Waals surface area contributed by atoms with Crippen molar-refractivity contribution in [2.45, 2.75) is 26.2 Å². The Morgan fingerprint density at radius 3 is 2.68 bits per heavy atom. The Morgan fingerprint density at radius 1 is 1.11 bits per heavy atom. The lowest BCUT2D eigenvalue weighted by atomic mass is 9.84. The van der Waals surface area contributed by atoms with E-state index in [0.29, 0.717) is 17.2 Å². The molecule has 142 valence electrons. The number of pyridine rings is 1.